The first-order valence-electron chi connectivity index (χ1n) is 10.9. The maximum Gasteiger partial charge on any atom is 0.315 e. The van der Waals surface area contributed by atoms with Gasteiger partial charge >= 0.3 is 5.97 Å². The van der Waals surface area contributed by atoms with Gasteiger partial charge in [0, 0.05) is 5.41 Å². The lowest BCUT2D eigenvalue weighted by molar-refractivity contribution is -0.262. The fourth-order valence-electron chi connectivity index (χ4n) is 13.0. The van der Waals surface area contributed by atoms with Crippen LogP contribution in [0, 0.1) is 75.9 Å². The Hall–Kier alpha value is -0.570. The van der Waals surface area contributed by atoms with Crippen molar-refractivity contribution in [3.05, 3.63) is 0 Å². The topological polar surface area (TPSA) is 46.5 Å². The summed E-state index contributed by atoms with van der Waals surface area (Å²) in [5.41, 5.74) is -1.30. The van der Waals surface area contributed by atoms with E-state index in [2.05, 4.69) is 6.92 Å². The van der Waals surface area contributed by atoms with Gasteiger partial charge in [-0.1, -0.05) is 13.3 Å². The molecule has 3 nitrogen and oxygen atoms in total. The molecule has 0 radical (unpaired) electrons. The smallest absolute Gasteiger partial charge is 0.315 e. The van der Waals surface area contributed by atoms with Crippen LogP contribution in [-0.2, 0) is 9.53 Å². The van der Waals surface area contributed by atoms with Crippen LogP contribution in [0.2, 0.25) is 0 Å². The van der Waals surface area contributed by atoms with Gasteiger partial charge in [-0.2, -0.15) is 0 Å². The van der Waals surface area contributed by atoms with Crippen molar-refractivity contribution in [2.24, 2.45) is 75.9 Å². The highest BCUT2D eigenvalue weighted by atomic mass is 16.5. The molecule has 0 aromatic heterocycles. The number of rotatable bonds is 1. The van der Waals surface area contributed by atoms with Gasteiger partial charge in [-0.3, -0.25) is 4.79 Å². The monoisotopic (exact) mass is 340 g/mol. The van der Waals surface area contributed by atoms with Gasteiger partial charge in [0.25, 0.3) is 0 Å². The van der Waals surface area contributed by atoms with Gasteiger partial charge in [0.1, 0.15) is 5.41 Å². The summed E-state index contributed by atoms with van der Waals surface area (Å²) in [5.74, 6) is 7.12. The van der Waals surface area contributed by atoms with E-state index in [-0.39, 0.29) is 11.4 Å². The highest BCUT2D eigenvalue weighted by Crippen LogP contribution is 2.98. The number of hydrogen-bond donors (Lipinski definition) is 1. The molecule has 9 fully saturated rings. The van der Waals surface area contributed by atoms with Crippen molar-refractivity contribution in [2.45, 2.75) is 44.6 Å². The first kappa shape index (κ1) is 13.6. The summed E-state index contributed by atoms with van der Waals surface area (Å²) in [6, 6.07) is 0. The van der Waals surface area contributed by atoms with Crippen LogP contribution in [-0.4, -0.2) is 23.8 Å². The molecule has 0 spiro atoms. The number of ether oxygens (including phenoxy) is 1. The van der Waals surface area contributed by atoms with Gasteiger partial charge in [-0.15, -0.1) is 0 Å². The Morgan fingerprint density at radius 2 is 1.60 bits per heavy atom. The summed E-state index contributed by atoms with van der Waals surface area (Å²) in [4.78, 5) is 13.6. The van der Waals surface area contributed by atoms with E-state index in [4.69, 9.17) is 4.74 Å². The maximum absolute atomic E-state index is 13.6. The molecule has 0 amide bonds. The van der Waals surface area contributed by atoms with Gasteiger partial charge in [0.2, 0.25) is 0 Å². The molecule has 14 atom stereocenters. The minimum absolute atomic E-state index is 0.00220. The first-order valence-corrected chi connectivity index (χ1v) is 10.9. The number of carbonyl (C=O) groups excluding carboxylic acids is 1. The van der Waals surface area contributed by atoms with E-state index < -0.39 is 11.0 Å². The van der Waals surface area contributed by atoms with E-state index in [1.54, 1.807) is 7.11 Å². The fourth-order valence-corrected chi connectivity index (χ4v) is 13.0. The van der Waals surface area contributed by atoms with Gasteiger partial charge in [0.05, 0.1) is 12.7 Å². The zero-order valence-electron chi connectivity index (χ0n) is 15.2. The van der Waals surface area contributed by atoms with E-state index in [1.165, 1.54) is 32.1 Å². The van der Waals surface area contributed by atoms with Crippen molar-refractivity contribution < 1.29 is 14.6 Å². The molecule has 3 heteroatoms. The predicted octanol–water partition coefficient (Wildman–Crippen LogP) is 2.72. The molecule has 134 valence electrons. The Bertz CT molecular complexity index is 762. The summed E-state index contributed by atoms with van der Waals surface area (Å²) in [5, 5.41) is 12.6. The van der Waals surface area contributed by atoms with Crippen LogP contribution in [0.4, 0.5) is 0 Å². The first-order chi connectivity index (χ1) is 12.1. The second kappa shape index (κ2) is 3.34. The SMILES string of the molecule is COC(=O)[C@@]12[C@@H]3[C@@H]4CC[C@@H]5[C@@H]4[C@@H]4[C@@H]3[C@@H]3[C@H]([C@H]6CCC[C@H]6[C@@H]31)[C@]4(C)[C@]52O. The van der Waals surface area contributed by atoms with Crippen LogP contribution in [0.15, 0.2) is 0 Å². The Balaban J connectivity index is 1.53. The van der Waals surface area contributed by atoms with Crippen LogP contribution in [0.3, 0.4) is 0 Å². The Morgan fingerprint density at radius 3 is 2.36 bits per heavy atom. The van der Waals surface area contributed by atoms with Crippen molar-refractivity contribution in [3.8, 4) is 0 Å². The van der Waals surface area contributed by atoms with E-state index >= 15 is 0 Å². The van der Waals surface area contributed by atoms with Gasteiger partial charge in [-0.25, -0.2) is 0 Å². The lowest BCUT2D eigenvalue weighted by Crippen LogP contribution is -2.72. The number of carbonyl (C=O) groups is 1. The molecule has 9 aliphatic rings. The lowest BCUT2D eigenvalue weighted by Gasteiger charge is -2.62. The number of hydrogen-bond acceptors (Lipinski definition) is 3. The third kappa shape index (κ3) is 0.822. The molecule has 9 rings (SSSR count). The van der Waals surface area contributed by atoms with Gasteiger partial charge in [0.15, 0.2) is 0 Å². The average Bonchev–Trinajstić information content (AvgIpc) is 3.34. The average molecular weight is 340 g/mol. The minimum Gasteiger partial charge on any atom is -0.468 e. The number of esters is 1. The molecule has 9 saturated carbocycles. The Morgan fingerprint density at radius 1 is 0.920 bits per heavy atom. The second-order valence-electron chi connectivity index (χ2n) is 11.4. The van der Waals surface area contributed by atoms with E-state index in [0.29, 0.717) is 35.5 Å². The second-order valence-corrected chi connectivity index (χ2v) is 11.4. The molecule has 0 saturated heterocycles. The molecule has 9 bridgehead atoms. The van der Waals surface area contributed by atoms with Crippen LogP contribution in [0.25, 0.3) is 0 Å². The third-order valence-electron chi connectivity index (χ3n) is 12.2. The van der Waals surface area contributed by atoms with E-state index in [0.717, 1.165) is 29.6 Å². The van der Waals surface area contributed by atoms with Crippen LogP contribution >= 0.6 is 0 Å². The fraction of sp³-hybridized carbons (Fsp3) is 0.955. The van der Waals surface area contributed by atoms with Crippen molar-refractivity contribution in [2.75, 3.05) is 7.11 Å². The number of fused-ring (bicyclic) bond motifs is 1. The Labute approximate surface area is 148 Å². The summed E-state index contributed by atoms with van der Waals surface area (Å²) in [7, 11) is 1.58. The highest BCUT2D eigenvalue weighted by molar-refractivity contribution is 5.83. The summed E-state index contributed by atoms with van der Waals surface area (Å²) in [6.45, 7) is 2.45. The van der Waals surface area contributed by atoms with E-state index in [9.17, 15) is 9.90 Å². The summed E-state index contributed by atoms with van der Waals surface area (Å²) < 4.78 is 5.56. The molecule has 0 aromatic carbocycles. The molecular formula is C22H28O3. The van der Waals surface area contributed by atoms with Crippen molar-refractivity contribution >= 4 is 5.97 Å². The number of aliphatic hydroxyl groups is 1. The molecular weight excluding hydrogens is 312 g/mol. The summed E-state index contributed by atoms with van der Waals surface area (Å²) in [6.07, 6.45) is 6.43. The van der Waals surface area contributed by atoms with E-state index in [1.807, 2.05) is 0 Å². The van der Waals surface area contributed by atoms with Crippen molar-refractivity contribution in [3.63, 3.8) is 0 Å². The summed E-state index contributed by atoms with van der Waals surface area (Å²) >= 11 is 0. The highest BCUT2D eigenvalue weighted by Gasteiger charge is 3.01. The van der Waals surface area contributed by atoms with Gasteiger partial charge < -0.3 is 9.84 Å². The number of methoxy groups -OCH3 is 1. The molecule has 0 unspecified atom stereocenters. The maximum atomic E-state index is 13.6. The Kier molecular flexibility index (Phi) is 1.81. The standard InChI is InChI=1S/C22H28O3/c1-20-15-8-4-3-5-9(8)16-13(15)14-17-10-6-7-11(12(10)18(14)20)22(20,24)21(16,17)19(23)25-2/h8-18,24H,3-7H2,1-2H3/t8-,9+,10+,11+,12+,13+,14+,15-,16-,17+,18+,20-,21-,22+/m0/s1. The van der Waals surface area contributed by atoms with Crippen LogP contribution in [0.5, 0.6) is 0 Å². The van der Waals surface area contributed by atoms with Crippen LogP contribution in [0.1, 0.15) is 39.0 Å². The third-order valence-corrected chi connectivity index (χ3v) is 12.2. The van der Waals surface area contributed by atoms with Crippen molar-refractivity contribution in [1.82, 2.24) is 0 Å². The van der Waals surface area contributed by atoms with Gasteiger partial charge in [-0.05, 0) is 90.8 Å². The zero-order valence-corrected chi connectivity index (χ0v) is 15.2. The largest absolute Gasteiger partial charge is 0.468 e. The molecule has 0 aliphatic heterocycles. The van der Waals surface area contributed by atoms with Crippen molar-refractivity contribution in [1.29, 1.82) is 0 Å². The predicted molar refractivity (Wildman–Crippen MR) is 89.0 cm³/mol. The molecule has 25 heavy (non-hydrogen) atoms. The minimum atomic E-state index is -0.761. The molecule has 0 heterocycles. The quantitative estimate of drug-likeness (QED) is 0.747. The lowest BCUT2D eigenvalue weighted by atomic mass is 9.43. The molecule has 0 aromatic rings. The molecule has 1 N–H and O–H groups in total. The van der Waals surface area contributed by atoms with Crippen LogP contribution < -0.4 is 0 Å². The zero-order chi connectivity index (χ0) is 16.7. The normalized spacial score (nSPS) is 76.8. The molecule has 9 aliphatic carbocycles.